The molecule has 0 saturated carbocycles. The van der Waals surface area contributed by atoms with Gasteiger partial charge in [0.25, 0.3) is 5.91 Å². The zero-order chi connectivity index (χ0) is 35.3. The second kappa shape index (κ2) is 12.9. The molecular weight excluding hydrogens is 645 g/mol. The molecule has 0 aliphatic carbocycles. The van der Waals surface area contributed by atoms with Gasteiger partial charge in [-0.15, -0.1) is 0 Å². The van der Waals surface area contributed by atoms with E-state index in [0.717, 1.165) is 0 Å². The number of carbonyl (C=O) groups is 3. The van der Waals surface area contributed by atoms with Crippen LogP contribution in [-0.4, -0.2) is 114 Å². The van der Waals surface area contributed by atoms with Crippen LogP contribution in [0.25, 0.3) is 11.3 Å². The number of carbonyl (C=O) groups excluding carboxylic acids is 3. The Bertz CT molecular complexity index is 1610. The van der Waals surface area contributed by atoms with Gasteiger partial charge >= 0.3 is 12.2 Å². The zero-order valence-corrected chi connectivity index (χ0v) is 29.9. The number of hydrogen-bond acceptors (Lipinski definition) is 10. The molecule has 0 bridgehead atoms. The van der Waals surface area contributed by atoms with Crippen LogP contribution in [0.3, 0.4) is 0 Å². The van der Waals surface area contributed by atoms with E-state index in [1.807, 2.05) is 11.9 Å². The van der Waals surface area contributed by atoms with Gasteiger partial charge in [-0.1, -0.05) is 17.7 Å². The Morgan fingerprint density at radius 2 is 1.71 bits per heavy atom. The standard InChI is InChI=1S/C34H45ClFN5O7/c1-32(2,3)47-30(43)39-15-16-41-20(17-39)18-45-27-24(29(41)42)28(40-14-13-38(9)34(7,8)19-40)37-26(25(27)35)23-21(36)11-10-12-22(23)46-31(44)48-33(4,5)6/h10-12,20H,13-19H2,1-9H3/t20-/m1/s1. The zero-order valence-electron chi connectivity index (χ0n) is 29.1. The van der Waals surface area contributed by atoms with E-state index in [4.69, 9.17) is 35.5 Å². The topological polar surface area (TPSA) is 114 Å². The highest BCUT2D eigenvalue weighted by atomic mass is 35.5. The highest BCUT2D eigenvalue weighted by Crippen LogP contribution is 2.47. The Balaban J connectivity index is 1.61. The van der Waals surface area contributed by atoms with E-state index in [2.05, 4.69) is 18.7 Å². The first kappa shape index (κ1) is 35.5. The maximum Gasteiger partial charge on any atom is 0.514 e. The van der Waals surface area contributed by atoms with Crippen LogP contribution >= 0.6 is 11.6 Å². The molecule has 1 aromatic carbocycles. The number of halogens is 2. The molecule has 1 aromatic heterocycles. The average molecular weight is 690 g/mol. The van der Waals surface area contributed by atoms with Gasteiger partial charge in [0.15, 0.2) is 5.75 Å². The summed E-state index contributed by atoms with van der Waals surface area (Å²) in [6.07, 6.45) is -1.50. The molecule has 2 amide bonds. The van der Waals surface area contributed by atoms with Crippen LogP contribution in [0.5, 0.6) is 11.5 Å². The van der Waals surface area contributed by atoms with E-state index in [1.54, 1.807) is 51.3 Å². The predicted octanol–water partition coefficient (Wildman–Crippen LogP) is 5.84. The molecule has 1 atom stereocenters. The number of likely N-dealkylation sites (N-methyl/N-ethyl adjacent to an activating group) is 1. The maximum atomic E-state index is 15.8. The van der Waals surface area contributed by atoms with E-state index in [0.29, 0.717) is 19.6 Å². The van der Waals surface area contributed by atoms with Crippen molar-refractivity contribution in [3.63, 3.8) is 0 Å². The largest absolute Gasteiger partial charge is 0.514 e. The van der Waals surface area contributed by atoms with E-state index < -0.39 is 35.3 Å². The lowest BCUT2D eigenvalue weighted by molar-refractivity contribution is 0.000934. The van der Waals surface area contributed by atoms with Gasteiger partial charge < -0.3 is 33.6 Å². The molecule has 4 heterocycles. The second-order valence-corrected chi connectivity index (χ2v) is 15.4. The Morgan fingerprint density at radius 3 is 2.35 bits per heavy atom. The first-order valence-electron chi connectivity index (χ1n) is 16.1. The van der Waals surface area contributed by atoms with Crippen LogP contribution in [0, 0.1) is 5.82 Å². The molecular formula is C34H45ClFN5O7. The normalized spacial score (nSPS) is 19.9. The monoisotopic (exact) mass is 689 g/mol. The molecule has 2 aromatic rings. The van der Waals surface area contributed by atoms with Crippen molar-refractivity contribution in [2.24, 2.45) is 0 Å². The van der Waals surface area contributed by atoms with Crippen LogP contribution < -0.4 is 14.4 Å². The van der Waals surface area contributed by atoms with Gasteiger partial charge in [0.2, 0.25) is 0 Å². The number of nitrogens with zero attached hydrogens (tertiary/aromatic N) is 5. The quantitative estimate of drug-likeness (QED) is 0.288. The summed E-state index contributed by atoms with van der Waals surface area (Å²) in [5, 5.41) is -0.113. The first-order valence-corrected chi connectivity index (χ1v) is 16.4. The summed E-state index contributed by atoms with van der Waals surface area (Å²) >= 11 is 7.02. The van der Waals surface area contributed by atoms with Crippen molar-refractivity contribution >= 4 is 35.6 Å². The van der Waals surface area contributed by atoms with Gasteiger partial charge in [-0.3, -0.25) is 9.69 Å². The minimum absolute atomic E-state index is 0.00736. The highest BCUT2D eigenvalue weighted by Gasteiger charge is 2.43. The number of ether oxygens (including phenoxy) is 4. The van der Waals surface area contributed by atoms with Crippen molar-refractivity contribution < 1.29 is 37.7 Å². The Morgan fingerprint density at radius 1 is 1.02 bits per heavy atom. The summed E-state index contributed by atoms with van der Waals surface area (Å²) in [6, 6.07) is 3.51. The Labute approximate surface area is 286 Å². The summed E-state index contributed by atoms with van der Waals surface area (Å²) in [5.41, 5.74) is -1.92. The molecule has 0 unspecified atom stereocenters. The van der Waals surface area contributed by atoms with Gasteiger partial charge in [0.1, 0.15) is 51.5 Å². The number of benzene rings is 1. The number of anilines is 1. The number of fused-ring (bicyclic) bond motifs is 2. The van der Waals surface area contributed by atoms with Crippen molar-refractivity contribution in [3.8, 4) is 22.8 Å². The van der Waals surface area contributed by atoms with Crippen LogP contribution in [-0.2, 0) is 9.47 Å². The van der Waals surface area contributed by atoms with E-state index in [-0.39, 0.29) is 76.8 Å². The fourth-order valence-electron chi connectivity index (χ4n) is 5.93. The average Bonchev–Trinajstić information content (AvgIpc) is 3.10. The lowest BCUT2D eigenvalue weighted by Crippen LogP contribution is -2.59. The number of amides is 2. The van der Waals surface area contributed by atoms with Crippen molar-refractivity contribution in [1.82, 2.24) is 19.7 Å². The van der Waals surface area contributed by atoms with Crippen LogP contribution in [0.15, 0.2) is 18.2 Å². The van der Waals surface area contributed by atoms with Gasteiger partial charge in [0, 0.05) is 44.8 Å². The molecule has 0 N–H and O–H groups in total. The number of rotatable bonds is 3. The summed E-state index contributed by atoms with van der Waals surface area (Å²) in [6.45, 7) is 17.0. The van der Waals surface area contributed by atoms with Crippen molar-refractivity contribution in [3.05, 3.63) is 34.6 Å². The third-order valence-corrected chi connectivity index (χ3v) is 8.87. The Hall–Kier alpha value is -3.84. The van der Waals surface area contributed by atoms with E-state index in [1.165, 1.54) is 18.2 Å². The van der Waals surface area contributed by atoms with Crippen LogP contribution in [0.2, 0.25) is 5.02 Å². The molecule has 3 aliphatic rings. The summed E-state index contributed by atoms with van der Waals surface area (Å²) < 4.78 is 38.5. The highest BCUT2D eigenvalue weighted by molar-refractivity contribution is 6.35. The van der Waals surface area contributed by atoms with Gasteiger partial charge in [-0.25, -0.2) is 19.0 Å². The first-order chi connectivity index (χ1) is 22.3. The third kappa shape index (κ3) is 7.41. The van der Waals surface area contributed by atoms with Crippen molar-refractivity contribution in [1.29, 1.82) is 0 Å². The molecule has 48 heavy (non-hydrogen) atoms. The number of aromatic nitrogens is 1. The molecule has 262 valence electrons. The minimum atomic E-state index is -1.03. The van der Waals surface area contributed by atoms with Crippen LogP contribution in [0.4, 0.5) is 19.8 Å². The number of hydrogen-bond donors (Lipinski definition) is 0. The Kier molecular flexibility index (Phi) is 9.52. The molecule has 2 saturated heterocycles. The molecule has 12 nitrogen and oxygen atoms in total. The fraction of sp³-hybridized carbons (Fsp3) is 0.588. The molecule has 0 spiro atoms. The SMILES string of the molecule is CN1CCN(c2nc(-c3c(F)cccc3OC(=O)OC(C)(C)C)c(Cl)c3c2C(=O)N2CCN(C(=O)OC(C)(C)C)C[C@@H]2CO3)CC1(C)C. The third-order valence-electron chi connectivity index (χ3n) is 8.52. The molecule has 2 fully saturated rings. The van der Waals surface area contributed by atoms with E-state index >= 15 is 4.39 Å². The summed E-state index contributed by atoms with van der Waals surface area (Å²) in [5.74, 6) is -0.947. The van der Waals surface area contributed by atoms with Gasteiger partial charge in [-0.05, 0) is 74.6 Å². The van der Waals surface area contributed by atoms with Crippen molar-refractivity contribution in [2.45, 2.75) is 78.2 Å². The van der Waals surface area contributed by atoms with Gasteiger partial charge in [-0.2, -0.15) is 0 Å². The molecule has 0 radical (unpaired) electrons. The summed E-state index contributed by atoms with van der Waals surface area (Å²) in [7, 11) is 2.03. The number of piperazine rings is 2. The maximum absolute atomic E-state index is 15.8. The number of pyridine rings is 1. The van der Waals surface area contributed by atoms with Crippen LogP contribution in [0.1, 0.15) is 65.7 Å². The second-order valence-electron chi connectivity index (χ2n) is 15.0. The van der Waals surface area contributed by atoms with E-state index in [9.17, 15) is 14.4 Å². The molecule has 5 rings (SSSR count). The summed E-state index contributed by atoms with van der Waals surface area (Å²) in [4.78, 5) is 52.4. The van der Waals surface area contributed by atoms with Gasteiger partial charge in [0.05, 0.1) is 11.6 Å². The fourth-order valence-corrected chi connectivity index (χ4v) is 6.22. The minimum Gasteiger partial charge on any atom is -0.489 e. The van der Waals surface area contributed by atoms with Crippen molar-refractivity contribution in [2.75, 3.05) is 57.8 Å². The predicted molar refractivity (Wildman–Crippen MR) is 179 cm³/mol. The molecule has 14 heteroatoms. The lowest BCUT2D eigenvalue weighted by atomic mass is 9.98. The smallest absolute Gasteiger partial charge is 0.489 e. The lowest BCUT2D eigenvalue weighted by Gasteiger charge is -2.46. The molecule has 3 aliphatic heterocycles.